The summed E-state index contributed by atoms with van der Waals surface area (Å²) in [6, 6.07) is 10.0. The summed E-state index contributed by atoms with van der Waals surface area (Å²) in [6.07, 6.45) is 0.777. The Bertz CT molecular complexity index is 1560. The molecule has 1 saturated heterocycles. The number of hydrogen-bond acceptors (Lipinski definition) is 9. The van der Waals surface area contributed by atoms with Gasteiger partial charge >= 0.3 is 0 Å². The van der Waals surface area contributed by atoms with Crippen LogP contribution in [0.5, 0.6) is 23.0 Å². The first-order valence-electron chi connectivity index (χ1n) is 13.3. The number of likely N-dealkylation sites (tertiary alicyclic amines) is 1. The maximum Gasteiger partial charge on any atom is 0.250 e. The molecule has 1 fully saturated rings. The van der Waals surface area contributed by atoms with Crippen molar-refractivity contribution in [2.75, 3.05) is 33.4 Å². The van der Waals surface area contributed by atoms with E-state index < -0.39 is 23.0 Å². The van der Waals surface area contributed by atoms with Gasteiger partial charge in [0.25, 0.3) is 5.56 Å². The van der Waals surface area contributed by atoms with Gasteiger partial charge in [0, 0.05) is 49.8 Å². The number of nitrogens with zero attached hydrogens (tertiary/aromatic N) is 2. The van der Waals surface area contributed by atoms with Gasteiger partial charge in [-0.3, -0.25) is 19.3 Å². The van der Waals surface area contributed by atoms with E-state index in [0.717, 1.165) is 18.7 Å². The average molecular weight is 550 g/mol. The molecule has 2 aromatic heterocycles. The molecule has 1 unspecified atom stereocenters. The molecule has 0 aliphatic carbocycles. The number of fused-ring (bicyclic) bond motifs is 5. The highest BCUT2D eigenvalue weighted by Crippen LogP contribution is 2.44. The molecule has 0 spiro atoms. The second-order valence-corrected chi connectivity index (χ2v) is 10.7. The smallest absolute Gasteiger partial charge is 0.250 e. The van der Waals surface area contributed by atoms with Crippen LogP contribution >= 0.6 is 0 Å². The Balaban J connectivity index is 1.33. The second kappa shape index (κ2) is 10.4. The summed E-state index contributed by atoms with van der Waals surface area (Å²) in [5.41, 5.74) is 6.55. The van der Waals surface area contributed by atoms with Crippen molar-refractivity contribution in [2.24, 2.45) is 11.7 Å². The van der Waals surface area contributed by atoms with Gasteiger partial charge in [0.1, 0.15) is 19.0 Å². The fourth-order valence-electron chi connectivity index (χ4n) is 6.27. The molecule has 0 radical (unpaired) electrons. The highest BCUT2D eigenvalue weighted by Gasteiger charge is 2.35. The average Bonchev–Trinajstić information content (AvgIpc) is 2.93. The minimum atomic E-state index is -0.866. The van der Waals surface area contributed by atoms with Gasteiger partial charge in [-0.05, 0) is 36.1 Å². The van der Waals surface area contributed by atoms with Crippen LogP contribution in [0.15, 0.2) is 50.4 Å². The third-order valence-electron chi connectivity index (χ3n) is 7.91. The fourth-order valence-corrected chi connectivity index (χ4v) is 6.27. The van der Waals surface area contributed by atoms with Crippen LogP contribution in [0.4, 0.5) is 0 Å². The number of methoxy groups -OCH3 is 1. The lowest BCUT2D eigenvalue weighted by Gasteiger charge is -2.42. The molecule has 6 rings (SSSR count). The lowest BCUT2D eigenvalue weighted by molar-refractivity contribution is -0.118. The second-order valence-electron chi connectivity index (χ2n) is 10.7. The monoisotopic (exact) mass is 549 g/mol. The largest absolute Gasteiger partial charge is 0.502 e. The zero-order chi connectivity index (χ0) is 28.0. The predicted octanol–water partition coefficient (Wildman–Crippen LogP) is 1.91. The minimum Gasteiger partial charge on any atom is -0.502 e. The van der Waals surface area contributed by atoms with Crippen molar-refractivity contribution < 1.29 is 28.5 Å². The third-order valence-corrected chi connectivity index (χ3v) is 7.91. The van der Waals surface area contributed by atoms with Gasteiger partial charge in [-0.25, -0.2) is 0 Å². The minimum absolute atomic E-state index is 0.0195. The molecule has 1 amide bonds. The lowest BCUT2D eigenvalue weighted by atomic mass is 9.83. The number of benzene rings is 1. The number of aromatic hydroxyl groups is 1. The van der Waals surface area contributed by atoms with E-state index in [1.807, 2.05) is 10.6 Å². The topological polar surface area (TPSA) is 146 Å². The Kier molecular flexibility index (Phi) is 6.75. The number of hydrogen-bond donors (Lipinski definition) is 2. The van der Waals surface area contributed by atoms with Crippen LogP contribution in [0, 0.1) is 5.92 Å². The highest BCUT2D eigenvalue weighted by molar-refractivity contribution is 5.75. The summed E-state index contributed by atoms with van der Waals surface area (Å²) in [6.45, 7) is 3.13. The quantitative estimate of drug-likeness (QED) is 0.451. The van der Waals surface area contributed by atoms with Crippen LogP contribution < -0.4 is 30.9 Å². The van der Waals surface area contributed by atoms with Gasteiger partial charge in [-0.1, -0.05) is 6.07 Å². The first-order valence-corrected chi connectivity index (χ1v) is 13.3. The number of piperidine rings is 1. The molecular formula is C29H31N3O8. The molecule has 11 heteroatoms. The van der Waals surface area contributed by atoms with E-state index in [-0.39, 0.29) is 23.7 Å². The van der Waals surface area contributed by atoms with Gasteiger partial charge in [-0.2, -0.15) is 0 Å². The molecule has 3 aliphatic rings. The molecule has 1 aromatic carbocycles. The van der Waals surface area contributed by atoms with Crippen molar-refractivity contribution in [2.45, 2.75) is 37.8 Å². The van der Waals surface area contributed by atoms with Crippen LogP contribution in [0.1, 0.15) is 47.5 Å². The number of rotatable bonds is 7. The summed E-state index contributed by atoms with van der Waals surface area (Å²) in [7, 11) is 1.49. The lowest BCUT2D eigenvalue weighted by Crippen LogP contribution is -2.46. The van der Waals surface area contributed by atoms with Gasteiger partial charge in [0.05, 0.1) is 19.6 Å². The summed E-state index contributed by atoms with van der Waals surface area (Å²) < 4.78 is 24.9. The number of aromatic nitrogens is 1. The van der Waals surface area contributed by atoms with E-state index in [9.17, 15) is 19.5 Å². The van der Waals surface area contributed by atoms with E-state index in [1.54, 1.807) is 24.3 Å². The van der Waals surface area contributed by atoms with Gasteiger partial charge in [0.2, 0.25) is 22.8 Å². The van der Waals surface area contributed by atoms with Crippen LogP contribution in [-0.4, -0.2) is 53.9 Å². The van der Waals surface area contributed by atoms with Crippen molar-refractivity contribution in [1.82, 2.24) is 9.47 Å². The zero-order valence-corrected chi connectivity index (χ0v) is 22.1. The SMILES string of the molecule is COc1cc(C(CC(N)=O)c2oc(CN3C[C@H]4C[C@@H](C3)c3cccc(=O)n3C4)cc(=O)c2O)cc2c1OCCO2. The van der Waals surface area contributed by atoms with Crippen molar-refractivity contribution in [3.05, 3.63) is 79.8 Å². The summed E-state index contributed by atoms with van der Waals surface area (Å²) in [5.74, 6) is -0.0252. The maximum atomic E-state index is 12.9. The number of pyridine rings is 1. The van der Waals surface area contributed by atoms with E-state index in [0.29, 0.717) is 67.3 Å². The molecule has 11 nitrogen and oxygen atoms in total. The number of nitrogens with two attached hydrogens (primary N) is 1. The van der Waals surface area contributed by atoms with E-state index in [1.165, 1.54) is 13.2 Å². The molecule has 0 saturated carbocycles. The molecule has 3 N–H and O–H groups in total. The van der Waals surface area contributed by atoms with Crippen LogP contribution in [0.2, 0.25) is 0 Å². The molecule has 2 bridgehead atoms. The number of ether oxygens (including phenoxy) is 3. The maximum absolute atomic E-state index is 12.9. The Hall–Kier alpha value is -4.25. The predicted molar refractivity (Wildman–Crippen MR) is 143 cm³/mol. The summed E-state index contributed by atoms with van der Waals surface area (Å²) >= 11 is 0. The van der Waals surface area contributed by atoms with Gasteiger partial charge < -0.3 is 34.0 Å². The molecule has 210 valence electrons. The van der Waals surface area contributed by atoms with Crippen molar-refractivity contribution in [3.8, 4) is 23.0 Å². The van der Waals surface area contributed by atoms with Crippen molar-refractivity contribution in [1.29, 1.82) is 0 Å². The Morgan fingerprint density at radius 2 is 1.98 bits per heavy atom. The van der Waals surface area contributed by atoms with Crippen LogP contribution in [0.3, 0.4) is 0 Å². The molecule has 3 atom stereocenters. The first-order chi connectivity index (χ1) is 19.3. The summed E-state index contributed by atoms with van der Waals surface area (Å²) in [4.78, 5) is 39.6. The number of amides is 1. The highest BCUT2D eigenvalue weighted by atomic mass is 16.6. The Labute approximate surface area is 229 Å². The van der Waals surface area contributed by atoms with Crippen molar-refractivity contribution in [3.63, 3.8) is 0 Å². The Morgan fingerprint density at radius 1 is 1.15 bits per heavy atom. The molecule has 40 heavy (non-hydrogen) atoms. The van der Waals surface area contributed by atoms with Gasteiger partial charge in [0.15, 0.2) is 17.3 Å². The van der Waals surface area contributed by atoms with E-state index >= 15 is 0 Å². The number of primary amides is 1. The first kappa shape index (κ1) is 26.0. The van der Waals surface area contributed by atoms with Crippen molar-refractivity contribution >= 4 is 5.91 Å². The standard InChI is InChI=1S/C29H31N3O8/c1-37-23-8-17(9-24-29(23)39-6-5-38-24)20(11-25(30)34)28-27(36)22(33)10-19(40-28)15-31-12-16-7-18(14-31)21-3-2-4-26(35)32(21)13-16/h2-4,8-10,16,18,20,36H,5-7,11-15H2,1H3,(H2,30,34)/t16-,18+,20?/m1/s1. The number of carbonyl (C=O) groups excluding carboxylic acids is 1. The molecule has 5 heterocycles. The van der Waals surface area contributed by atoms with E-state index in [4.69, 9.17) is 24.4 Å². The van der Waals surface area contributed by atoms with Crippen LogP contribution in [-0.2, 0) is 17.9 Å². The zero-order valence-electron chi connectivity index (χ0n) is 22.1. The molecule has 3 aromatic rings. The van der Waals surface area contributed by atoms with E-state index in [2.05, 4.69) is 4.90 Å². The Morgan fingerprint density at radius 3 is 2.77 bits per heavy atom. The van der Waals surface area contributed by atoms with Crippen LogP contribution in [0.25, 0.3) is 0 Å². The molecular weight excluding hydrogens is 518 g/mol. The van der Waals surface area contributed by atoms with Gasteiger partial charge in [-0.15, -0.1) is 0 Å². The fraction of sp³-hybridized carbons (Fsp3) is 0.414. The molecule has 3 aliphatic heterocycles. The summed E-state index contributed by atoms with van der Waals surface area (Å²) in [5, 5.41) is 10.8. The third kappa shape index (κ3) is 4.81. The number of carbonyl (C=O) groups is 1. The normalized spacial score (nSPS) is 20.4.